The molecule has 8 heteroatoms. The highest BCUT2D eigenvalue weighted by atomic mass is 35.5. The van der Waals surface area contributed by atoms with Gasteiger partial charge < -0.3 is 5.73 Å². The molecular weight excluding hydrogens is 355 g/mol. The molecule has 0 spiro atoms. The number of hydrogen-bond donors (Lipinski definition) is 1. The van der Waals surface area contributed by atoms with E-state index in [4.69, 9.17) is 28.9 Å². The van der Waals surface area contributed by atoms with Gasteiger partial charge in [0.1, 0.15) is 17.5 Å². The van der Waals surface area contributed by atoms with Gasteiger partial charge in [0, 0.05) is 5.02 Å². The molecule has 114 valence electrons. The summed E-state index contributed by atoms with van der Waals surface area (Å²) in [6.07, 6.45) is 0. The molecule has 1 aromatic carbocycles. The van der Waals surface area contributed by atoms with Gasteiger partial charge in [0.05, 0.1) is 14.9 Å². The largest absolute Gasteiger partial charge is 0.382 e. The van der Waals surface area contributed by atoms with Gasteiger partial charge in [0.15, 0.2) is 5.69 Å². The number of nitrogens with two attached hydrogens (primary N) is 1. The highest BCUT2D eigenvalue weighted by Crippen LogP contribution is 2.27. The lowest BCUT2D eigenvalue weighted by Crippen LogP contribution is -2.04. The van der Waals surface area contributed by atoms with Crippen molar-refractivity contribution < 1.29 is 4.79 Å². The van der Waals surface area contributed by atoms with Crippen LogP contribution in [0.5, 0.6) is 0 Å². The fraction of sp³-hybridized carbons (Fsp3) is 0. The van der Waals surface area contributed by atoms with Gasteiger partial charge in [0.2, 0.25) is 5.78 Å². The molecule has 23 heavy (non-hydrogen) atoms. The molecule has 2 aromatic heterocycles. The zero-order chi connectivity index (χ0) is 16.6. The maximum Gasteiger partial charge on any atom is 0.224 e. The lowest BCUT2D eigenvalue weighted by Gasteiger charge is -2.03. The summed E-state index contributed by atoms with van der Waals surface area (Å²) in [5.74, 6) is -0.293. The van der Waals surface area contributed by atoms with Crippen LogP contribution in [0.25, 0.3) is 5.69 Å². The van der Waals surface area contributed by atoms with Crippen molar-refractivity contribution in [3.05, 3.63) is 61.9 Å². The summed E-state index contributed by atoms with van der Waals surface area (Å²) in [5.41, 5.74) is 6.61. The first kappa shape index (κ1) is 15.6. The van der Waals surface area contributed by atoms with Gasteiger partial charge in [-0.3, -0.25) is 4.79 Å². The quantitative estimate of drug-likeness (QED) is 0.715. The number of aromatic nitrogens is 2. The van der Waals surface area contributed by atoms with Crippen LogP contribution >= 0.6 is 34.5 Å². The predicted octanol–water partition coefficient (Wildman–Crippen LogP) is 3.93. The van der Waals surface area contributed by atoms with Crippen molar-refractivity contribution in [1.29, 1.82) is 5.26 Å². The average Bonchev–Trinajstić information content (AvgIpc) is 3.11. The number of carbonyl (C=O) groups excluding carboxylic acids is 1. The first-order chi connectivity index (χ1) is 11.0. The van der Waals surface area contributed by atoms with Crippen LogP contribution in [0, 0.1) is 11.3 Å². The Labute approximate surface area is 145 Å². The number of benzene rings is 1. The first-order valence-corrected chi connectivity index (χ1v) is 7.93. The fourth-order valence-corrected chi connectivity index (χ4v) is 3.14. The number of anilines is 1. The summed E-state index contributed by atoms with van der Waals surface area (Å²) in [6.45, 7) is 0. The summed E-state index contributed by atoms with van der Waals surface area (Å²) >= 11 is 12.8. The number of nitrogens with zero attached hydrogens (tertiary/aromatic N) is 3. The van der Waals surface area contributed by atoms with Crippen LogP contribution in [0.3, 0.4) is 0 Å². The summed E-state index contributed by atoms with van der Waals surface area (Å²) in [4.78, 5) is 12.9. The van der Waals surface area contributed by atoms with Crippen molar-refractivity contribution in [3.8, 4) is 11.8 Å². The molecule has 0 saturated heterocycles. The van der Waals surface area contributed by atoms with Crippen molar-refractivity contribution in [2.75, 3.05) is 5.73 Å². The molecule has 2 heterocycles. The van der Waals surface area contributed by atoms with E-state index in [0.717, 1.165) is 11.3 Å². The van der Waals surface area contributed by atoms with Gasteiger partial charge in [-0.05, 0) is 36.4 Å². The van der Waals surface area contributed by atoms with Gasteiger partial charge in [-0.1, -0.05) is 23.2 Å². The molecule has 0 unspecified atom stereocenters. The van der Waals surface area contributed by atoms with Crippen molar-refractivity contribution in [3.63, 3.8) is 0 Å². The number of rotatable bonds is 3. The molecule has 3 aromatic rings. The molecule has 0 aliphatic heterocycles. The summed E-state index contributed by atoms with van der Waals surface area (Å²) in [7, 11) is 0. The minimum atomic E-state index is -0.391. The standard InChI is InChI=1S/C15H8Cl2N4OS/c16-8-1-3-9(4-2-8)21-15(19)10(7-18)13(20-21)14(22)11-5-6-12(17)23-11/h1-6H,19H2. The van der Waals surface area contributed by atoms with Crippen molar-refractivity contribution in [2.45, 2.75) is 0 Å². The third-order valence-electron chi connectivity index (χ3n) is 3.12. The Morgan fingerprint density at radius 1 is 1.22 bits per heavy atom. The van der Waals surface area contributed by atoms with Gasteiger partial charge in [-0.25, -0.2) is 4.68 Å². The van der Waals surface area contributed by atoms with E-state index in [1.807, 2.05) is 6.07 Å². The zero-order valence-corrected chi connectivity index (χ0v) is 13.8. The molecule has 0 bridgehead atoms. The Kier molecular flexibility index (Phi) is 4.09. The van der Waals surface area contributed by atoms with Crippen LogP contribution in [0.15, 0.2) is 36.4 Å². The average molecular weight is 363 g/mol. The highest BCUT2D eigenvalue weighted by molar-refractivity contribution is 7.18. The Hall–Kier alpha value is -2.33. The lowest BCUT2D eigenvalue weighted by molar-refractivity contribution is 0.103. The van der Waals surface area contributed by atoms with Gasteiger partial charge in [0.25, 0.3) is 0 Å². The second kappa shape index (κ2) is 6.05. The molecule has 0 aliphatic carbocycles. The molecule has 0 aliphatic rings. The second-order valence-electron chi connectivity index (χ2n) is 4.54. The van der Waals surface area contributed by atoms with Crippen molar-refractivity contribution in [2.24, 2.45) is 0 Å². The maximum absolute atomic E-state index is 12.5. The molecule has 0 atom stereocenters. The summed E-state index contributed by atoms with van der Waals surface area (Å²) in [5, 5.41) is 14.1. The van der Waals surface area contributed by atoms with Crippen LogP contribution in [0.2, 0.25) is 9.36 Å². The molecular formula is C15H8Cl2N4OS. The number of halogens is 2. The third-order valence-corrected chi connectivity index (χ3v) is 4.60. The van der Waals surface area contributed by atoms with Crippen molar-refractivity contribution >= 4 is 46.1 Å². The van der Waals surface area contributed by atoms with E-state index < -0.39 is 5.78 Å². The van der Waals surface area contributed by atoms with Gasteiger partial charge in [-0.15, -0.1) is 11.3 Å². The molecule has 0 amide bonds. The minimum absolute atomic E-state index is 0.00142. The van der Waals surface area contributed by atoms with Crippen LogP contribution in [-0.2, 0) is 0 Å². The Bertz CT molecular complexity index is 938. The predicted molar refractivity (Wildman–Crippen MR) is 90.5 cm³/mol. The lowest BCUT2D eigenvalue weighted by atomic mass is 10.1. The second-order valence-corrected chi connectivity index (χ2v) is 6.69. The monoisotopic (exact) mass is 362 g/mol. The van der Waals surface area contributed by atoms with Crippen LogP contribution in [0.4, 0.5) is 5.82 Å². The maximum atomic E-state index is 12.5. The van der Waals surface area contributed by atoms with E-state index in [0.29, 0.717) is 19.9 Å². The molecule has 0 fully saturated rings. The zero-order valence-electron chi connectivity index (χ0n) is 11.5. The number of nitriles is 1. The normalized spacial score (nSPS) is 10.5. The van der Waals surface area contributed by atoms with Crippen LogP contribution < -0.4 is 5.73 Å². The van der Waals surface area contributed by atoms with E-state index in [2.05, 4.69) is 5.10 Å². The van der Waals surface area contributed by atoms with E-state index in [1.165, 1.54) is 4.68 Å². The summed E-state index contributed by atoms with van der Waals surface area (Å²) in [6, 6.07) is 11.9. The number of hydrogen-bond acceptors (Lipinski definition) is 5. The smallest absolute Gasteiger partial charge is 0.224 e. The number of carbonyl (C=O) groups is 1. The molecule has 5 nitrogen and oxygen atoms in total. The SMILES string of the molecule is N#Cc1c(C(=O)c2ccc(Cl)s2)nn(-c2ccc(Cl)cc2)c1N. The van der Waals surface area contributed by atoms with E-state index in [-0.39, 0.29) is 17.1 Å². The Morgan fingerprint density at radius 3 is 2.48 bits per heavy atom. The van der Waals surface area contributed by atoms with Gasteiger partial charge >= 0.3 is 0 Å². The topological polar surface area (TPSA) is 84.7 Å². The first-order valence-electron chi connectivity index (χ1n) is 6.36. The number of nitrogen functional groups attached to an aromatic ring is 1. The van der Waals surface area contributed by atoms with E-state index >= 15 is 0 Å². The van der Waals surface area contributed by atoms with Crippen LogP contribution in [-0.4, -0.2) is 15.6 Å². The van der Waals surface area contributed by atoms with E-state index in [1.54, 1.807) is 36.4 Å². The van der Waals surface area contributed by atoms with Crippen molar-refractivity contribution in [1.82, 2.24) is 9.78 Å². The molecule has 0 radical (unpaired) electrons. The molecule has 2 N–H and O–H groups in total. The molecule has 3 rings (SSSR count). The van der Waals surface area contributed by atoms with Gasteiger partial charge in [-0.2, -0.15) is 10.4 Å². The third kappa shape index (κ3) is 2.82. The number of thiophene rings is 1. The Balaban J connectivity index is 2.12. The van der Waals surface area contributed by atoms with E-state index in [9.17, 15) is 10.1 Å². The fourth-order valence-electron chi connectivity index (χ4n) is 2.03. The molecule has 0 saturated carbocycles. The number of ketones is 1. The Morgan fingerprint density at radius 2 is 1.91 bits per heavy atom. The summed E-state index contributed by atoms with van der Waals surface area (Å²) < 4.78 is 1.83. The van der Waals surface area contributed by atoms with Crippen LogP contribution in [0.1, 0.15) is 20.9 Å². The highest BCUT2D eigenvalue weighted by Gasteiger charge is 2.24. The minimum Gasteiger partial charge on any atom is -0.382 e.